The van der Waals surface area contributed by atoms with Gasteiger partial charge in [-0.25, -0.2) is 4.79 Å². The summed E-state index contributed by atoms with van der Waals surface area (Å²) in [6.45, 7) is -0.0337. The van der Waals surface area contributed by atoms with E-state index in [9.17, 15) is 14.3 Å². The molecule has 6 heteroatoms. The average molecular weight is 151 g/mol. The van der Waals surface area contributed by atoms with E-state index in [1.165, 1.54) is 0 Å². The third-order valence-electron chi connectivity index (χ3n) is 0.571. The smallest absolute Gasteiger partial charge is 0.404 e. The van der Waals surface area contributed by atoms with Crippen molar-refractivity contribution in [2.24, 2.45) is 0 Å². The highest BCUT2D eigenvalue weighted by Gasteiger charge is 2.00. The molecule has 1 atom stereocenters. The maximum atomic E-state index is 9.78. The minimum absolute atomic E-state index is 0.0337. The van der Waals surface area contributed by atoms with Gasteiger partial charge in [-0.15, -0.1) is 0 Å². The molecule has 1 amide bonds. The lowest BCUT2D eigenvalue weighted by Gasteiger charge is -1.92. The maximum absolute atomic E-state index is 9.78. The Morgan fingerprint density at radius 1 is 1.78 bits per heavy atom. The van der Waals surface area contributed by atoms with Crippen LogP contribution in [-0.2, 0) is 4.57 Å². The zero-order chi connectivity index (χ0) is 7.28. The molecular weight excluding hydrogens is 145 g/mol. The largest absolute Gasteiger partial charge is 0.596 e. The second-order valence-electron chi connectivity index (χ2n) is 1.29. The Bertz CT molecular complexity index is 111. The lowest BCUT2D eigenvalue weighted by atomic mass is 10.7. The summed E-state index contributed by atoms with van der Waals surface area (Å²) < 4.78 is 9.78. The summed E-state index contributed by atoms with van der Waals surface area (Å²) in [4.78, 5) is 19.5. The van der Waals surface area contributed by atoms with Crippen molar-refractivity contribution in [3.8, 4) is 0 Å². The van der Waals surface area contributed by atoms with E-state index in [4.69, 9.17) is 5.11 Å². The minimum atomic E-state index is -2.46. The summed E-state index contributed by atoms with van der Waals surface area (Å²) in [6.07, 6.45) is -1.34. The quantitative estimate of drug-likeness (QED) is 0.525. The van der Waals surface area contributed by atoms with Gasteiger partial charge in [0.05, 0.1) is 6.54 Å². The van der Waals surface area contributed by atoms with Crippen molar-refractivity contribution >= 4 is 14.1 Å². The fourth-order valence-corrected chi connectivity index (χ4v) is 0.548. The zero-order valence-electron chi connectivity index (χ0n) is 4.53. The Hall–Kier alpha value is -0.670. The van der Waals surface area contributed by atoms with Crippen LogP contribution in [0, 0.1) is 0 Å². The Morgan fingerprint density at radius 2 is 2.33 bits per heavy atom. The van der Waals surface area contributed by atoms with Crippen LogP contribution in [0.15, 0.2) is 0 Å². The van der Waals surface area contributed by atoms with Gasteiger partial charge in [-0.05, 0) is 0 Å². The monoisotopic (exact) mass is 151 g/mol. The van der Waals surface area contributed by atoms with Crippen molar-refractivity contribution in [1.82, 2.24) is 5.32 Å². The van der Waals surface area contributed by atoms with Gasteiger partial charge in [0.1, 0.15) is 0 Å². The first kappa shape index (κ1) is 8.33. The summed E-state index contributed by atoms with van der Waals surface area (Å²) >= 11 is 0. The molecule has 0 spiro atoms. The normalized spacial score (nSPS) is 10.6. The highest BCUT2D eigenvalue weighted by atomic mass is 31.1. The van der Waals surface area contributed by atoms with Crippen LogP contribution < -0.4 is 10.2 Å². The van der Waals surface area contributed by atoms with Crippen LogP contribution in [0.1, 0.15) is 0 Å². The third-order valence-corrected chi connectivity index (χ3v) is 1.16. The minimum Gasteiger partial charge on any atom is -0.596 e. The van der Waals surface area contributed by atoms with Crippen molar-refractivity contribution in [2.75, 3.05) is 12.7 Å². The molecule has 2 N–H and O–H groups in total. The van der Waals surface area contributed by atoms with E-state index in [2.05, 4.69) is 0 Å². The molecule has 52 valence electrons. The average Bonchev–Trinajstić information content (AvgIpc) is 1.63. The SMILES string of the molecule is O=C(O)NCC[P+](=O)[O-]. The Balaban J connectivity index is 3.10. The molecule has 0 aliphatic rings. The van der Waals surface area contributed by atoms with E-state index in [0.717, 1.165) is 0 Å². The van der Waals surface area contributed by atoms with Crippen LogP contribution in [0.25, 0.3) is 0 Å². The number of hydrogen-bond acceptors (Lipinski definition) is 3. The van der Waals surface area contributed by atoms with E-state index < -0.39 is 14.1 Å². The first-order chi connectivity index (χ1) is 4.13. The summed E-state index contributed by atoms with van der Waals surface area (Å²) in [5, 5.41) is 9.83. The van der Waals surface area contributed by atoms with Gasteiger partial charge in [-0.3, -0.25) is 0 Å². The summed E-state index contributed by atoms with van der Waals surface area (Å²) in [7, 11) is -2.46. The predicted octanol–water partition coefficient (Wildman–Crippen LogP) is -0.643. The number of carbonyl (C=O) groups is 1. The molecule has 0 saturated carbocycles. The second kappa shape index (κ2) is 4.23. The van der Waals surface area contributed by atoms with Crippen molar-refractivity contribution in [2.45, 2.75) is 0 Å². The maximum Gasteiger partial charge on any atom is 0.404 e. The van der Waals surface area contributed by atoms with E-state index in [1.54, 1.807) is 0 Å². The standard InChI is InChI=1S/C3H6NO4P/c5-3(6)4-1-2-9(7)8/h4H,1-2H2,(H,5,6). The molecule has 0 rings (SSSR count). The van der Waals surface area contributed by atoms with Crippen LogP contribution >= 0.6 is 8.03 Å². The molecule has 9 heavy (non-hydrogen) atoms. The number of carboxylic acid groups (broad SMARTS) is 1. The number of hydrogen-bond donors (Lipinski definition) is 2. The van der Waals surface area contributed by atoms with Gasteiger partial charge in [-0.2, -0.15) is 0 Å². The highest BCUT2D eigenvalue weighted by Crippen LogP contribution is 2.02. The Labute approximate surface area is 52.6 Å². The molecule has 0 aliphatic heterocycles. The molecule has 5 nitrogen and oxygen atoms in total. The number of nitrogens with one attached hydrogen (secondary N) is 1. The van der Waals surface area contributed by atoms with Crippen LogP contribution in [0.4, 0.5) is 4.79 Å². The van der Waals surface area contributed by atoms with E-state index in [1.807, 2.05) is 5.32 Å². The second-order valence-corrected chi connectivity index (χ2v) is 2.40. The molecule has 0 aromatic carbocycles. The summed E-state index contributed by atoms with van der Waals surface area (Å²) in [5.74, 6) is 0. The predicted molar refractivity (Wildman–Crippen MR) is 28.5 cm³/mol. The van der Waals surface area contributed by atoms with Crippen molar-refractivity contribution in [3.63, 3.8) is 0 Å². The fourth-order valence-electron chi connectivity index (χ4n) is 0.254. The lowest BCUT2D eigenvalue weighted by molar-refractivity contribution is -0.164. The van der Waals surface area contributed by atoms with Gasteiger partial charge in [0, 0.05) is 0 Å². The molecule has 0 saturated heterocycles. The van der Waals surface area contributed by atoms with Crippen LogP contribution in [-0.4, -0.2) is 23.9 Å². The number of amides is 1. The highest BCUT2D eigenvalue weighted by molar-refractivity contribution is 7.36. The lowest BCUT2D eigenvalue weighted by Crippen LogP contribution is -2.23. The van der Waals surface area contributed by atoms with Crippen LogP contribution in [0.5, 0.6) is 0 Å². The van der Waals surface area contributed by atoms with Crippen LogP contribution in [0.2, 0.25) is 0 Å². The van der Waals surface area contributed by atoms with Crippen LogP contribution in [0.3, 0.4) is 0 Å². The Kier molecular flexibility index (Phi) is 3.92. The molecule has 0 aromatic heterocycles. The first-order valence-corrected chi connectivity index (χ1v) is 3.58. The molecule has 0 bridgehead atoms. The number of rotatable bonds is 3. The first-order valence-electron chi connectivity index (χ1n) is 2.21. The van der Waals surface area contributed by atoms with E-state index in [-0.39, 0.29) is 12.7 Å². The van der Waals surface area contributed by atoms with E-state index >= 15 is 0 Å². The molecule has 0 aliphatic carbocycles. The van der Waals surface area contributed by atoms with Gasteiger partial charge in [0.25, 0.3) is 0 Å². The molecule has 0 radical (unpaired) electrons. The molecule has 0 aromatic rings. The molecule has 0 heterocycles. The Morgan fingerprint density at radius 3 is 2.67 bits per heavy atom. The van der Waals surface area contributed by atoms with Crippen molar-refractivity contribution in [3.05, 3.63) is 0 Å². The van der Waals surface area contributed by atoms with Crippen molar-refractivity contribution < 1.29 is 19.4 Å². The topological polar surface area (TPSA) is 89.5 Å². The van der Waals surface area contributed by atoms with Gasteiger partial charge in [0.2, 0.25) is 0 Å². The van der Waals surface area contributed by atoms with Crippen molar-refractivity contribution in [1.29, 1.82) is 0 Å². The third kappa shape index (κ3) is 7.33. The zero-order valence-corrected chi connectivity index (χ0v) is 5.43. The molecule has 1 unspecified atom stereocenters. The fraction of sp³-hybridized carbons (Fsp3) is 0.667. The summed E-state index contributed by atoms with van der Waals surface area (Å²) in [5.41, 5.74) is 0. The summed E-state index contributed by atoms with van der Waals surface area (Å²) in [6, 6.07) is 0. The van der Waals surface area contributed by atoms with Gasteiger partial charge < -0.3 is 15.3 Å². The van der Waals surface area contributed by atoms with Gasteiger partial charge in [0.15, 0.2) is 6.16 Å². The van der Waals surface area contributed by atoms with Gasteiger partial charge in [-0.1, -0.05) is 4.57 Å². The molecule has 0 fully saturated rings. The van der Waals surface area contributed by atoms with E-state index in [0.29, 0.717) is 0 Å². The van der Waals surface area contributed by atoms with Gasteiger partial charge >= 0.3 is 14.1 Å². The molecular formula is C3H6NO4P.